The second-order valence-electron chi connectivity index (χ2n) is 6.36. The molecule has 0 amide bonds. The van der Waals surface area contributed by atoms with E-state index in [2.05, 4.69) is 82.9 Å². The van der Waals surface area contributed by atoms with Gasteiger partial charge in [-0.3, -0.25) is 4.98 Å². The van der Waals surface area contributed by atoms with Crippen LogP contribution in [0.1, 0.15) is 5.69 Å². The molecule has 0 saturated heterocycles. The lowest BCUT2D eigenvalue weighted by molar-refractivity contribution is 0.351. The maximum Gasteiger partial charge on any atom is 0.380 e. The summed E-state index contributed by atoms with van der Waals surface area (Å²) in [7, 11) is -2.80. The summed E-state index contributed by atoms with van der Waals surface area (Å²) < 4.78 is 6.46. The van der Waals surface area contributed by atoms with Crippen molar-refractivity contribution in [2.45, 2.75) is 0 Å². The molecule has 0 aliphatic rings. The van der Waals surface area contributed by atoms with Gasteiger partial charge in [-0.1, -0.05) is 97.1 Å². The molecule has 3 aromatic carbocycles. The fourth-order valence-corrected chi connectivity index (χ4v) is 6.80. The molecule has 0 fully saturated rings. The van der Waals surface area contributed by atoms with Crippen LogP contribution in [-0.4, -0.2) is 19.5 Å². The standard InChI is InChI=1S/C24H20N2OSi/c1-4-13-22(14-5-1)28(23-15-6-2-7-16-23,24-17-8-3-9-18-24)27-26-20-21-12-10-11-19-25-21/h1-20H. The van der Waals surface area contributed by atoms with E-state index in [0.717, 1.165) is 21.3 Å². The minimum Gasteiger partial charge on any atom is -0.438 e. The van der Waals surface area contributed by atoms with Crippen molar-refractivity contribution < 1.29 is 4.53 Å². The Morgan fingerprint density at radius 3 is 1.50 bits per heavy atom. The molecule has 0 radical (unpaired) electrons. The predicted octanol–water partition coefficient (Wildman–Crippen LogP) is 3.10. The van der Waals surface area contributed by atoms with Gasteiger partial charge in [0, 0.05) is 6.20 Å². The van der Waals surface area contributed by atoms with E-state index in [4.69, 9.17) is 4.53 Å². The summed E-state index contributed by atoms with van der Waals surface area (Å²) in [5.74, 6) is 0. The Bertz CT molecular complexity index is 927. The number of benzene rings is 3. The molecule has 0 N–H and O–H groups in total. The van der Waals surface area contributed by atoms with E-state index in [1.54, 1.807) is 12.4 Å². The van der Waals surface area contributed by atoms with Gasteiger partial charge in [0.25, 0.3) is 0 Å². The van der Waals surface area contributed by atoms with Crippen molar-refractivity contribution >= 4 is 30.1 Å². The Morgan fingerprint density at radius 2 is 1.07 bits per heavy atom. The van der Waals surface area contributed by atoms with E-state index in [-0.39, 0.29) is 0 Å². The molecular formula is C24H20N2OSi. The van der Waals surface area contributed by atoms with Crippen LogP contribution in [0, 0.1) is 0 Å². The molecule has 0 aliphatic heterocycles. The molecule has 3 nitrogen and oxygen atoms in total. The maximum absolute atomic E-state index is 6.46. The highest BCUT2D eigenvalue weighted by atomic mass is 28.4. The summed E-state index contributed by atoms with van der Waals surface area (Å²) in [4.78, 5) is 4.30. The summed E-state index contributed by atoms with van der Waals surface area (Å²) >= 11 is 0. The average Bonchev–Trinajstić information content (AvgIpc) is 2.79. The van der Waals surface area contributed by atoms with Crippen LogP contribution >= 0.6 is 0 Å². The normalized spacial score (nSPS) is 11.4. The summed E-state index contributed by atoms with van der Waals surface area (Å²) in [6.07, 6.45) is 3.42. The van der Waals surface area contributed by atoms with E-state index in [1.165, 1.54) is 0 Å². The van der Waals surface area contributed by atoms with Crippen molar-refractivity contribution in [3.63, 3.8) is 0 Å². The van der Waals surface area contributed by atoms with Gasteiger partial charge in [0.2, 0.25) is 0 Å². The third-order valence-electron chi connectivity index (χ3n) is 4.60. The highest BCUT2D eigenvalue weighted by Crippen LogP contribution is 2.10. The number of hydrogen-bond donors (Lipinski definition) is 0. The Kier molecular flexibility index (Phi) is 5.40. The lowest BCUT2D eigenvalue weighted by Gasteiger charge is -2.29. The Morgan fingerprint density at radius 1 is 0.607 bits per heavy atom. The van der Waals surface area contributed by atoms with Gasteiger partial charge in [0.15, 0.2) is 0 Å². The Labute approximate surface area is 166 Å². The van der Waals surface area contributed by atoms with Crippen molar-refractivity contribution in [1.29, 1.82) is 0 Å². The molecule has 4 heteroatoms. The van der Waals surface area contributed by atoms with Crippen molar-refractivity contribution in [2.75, 3.05) is 0 Å². The SMILES string of the molecule is C(=NO[Si](c1ccccc1)(c1ccccc1)c1ccccc1)c1ccccn1. The smallest absolute Gasteiger partial charge is 0.380 e. The molecule has 4 rings (SSSR count). The number of nitrogens with zero attached hydrogens (tertiary/aromatic N) is 2. The molecule has 0 spiro atoms. The molecule has 0 aliphatic carbocycles. The summed E-state index contributed by atoms with van der Waals surface area (Å²) in [6.45, 7) is 0. The van der Waals surface area contributed by atoms with Crippen LogP contribution in [0.3, 0.4) is 0 Å². The van der Waals surface area contributed by atoms with Crippen LogP contribution in [-0.2, 0) is 4.53 Å². The van der Waals surface area contributed by atoms with Crippen molar-refractivity contribution in [2.24, 2.45) is 5.16 Å². The van der Waals surface area contributed by atoms with Crippen molar-refractivity contribution in [3.05, 3.63) is 121 Å². The van der Waals surface area contributed by atoms with Crippen LogP contribution in [0.5, 0.6) is 0 Å². The zero-order chi connectivity index (χ0) is 19.1. The first-order valence-electron chi connectivity index (χ1n) is 9.19. The van der Waals surface area contributed by atoms with Crippen LogP contribution in [0.15, 0.2) is 121 Å². The molecule has 1 aromatic heterocycles. The fourth-order valence-electron chi connectivity index (χ4n) is 3.29. The zero-order valence-electron chi connectivity index (χ0n) is 15.3. The van der Waals surface area contributed by atoms with Crippen molar-refractivity contribution in [1.82, 2.24) is 4.98 Å². The van der Waals surface area contributed by atoms with Crippen LogP contribution in [0.4, 0.5) is 0 Å². The van der Waals surface area contributed by atoms with Gasteiger partial charge in [0.05, 0.1) is 11.9 Å². The zero-order valence-corrected chi connectivity index (χ0v) is 16.3. The number of oxime groups is 1. The molecular weight excluding hydrogens is 360 g/mol. The van der Waals surface area contributed by atoms with Gasteiger partial charge < -0.3 is 4.53 Å². The maximum atomic E-state index is 6.46. The summed E-state index contributed by atoms with van der Waals surface area (Å²) in [5.41, 5.74) is 0.764. The van der Waals surface area contributed by atoms with E-state index in [0.29, 0.717) is 0 Å². The molecule has 1 heterocycles. The highest BCUT2D eigenvalue weighted by Gasteiger charge is 2.44. The lowest BCUT2D eigenvalue weighted by atomic mass is 10.3. The number of rotatable bonds is 6. The second kappa shape index (κ2) is 8.46. The number of hydrogen-bond acceptors (Lipinski definition) is 3. The summed E-state index contributed by atoms with van der Waals surface area (Å²) in [5, 5.41) is 7.85. The van der Waals surface area contributed by atoms with Gasteiger partial charge in [0.1, 0.15) is 0 Å². The molecule has 0 bridgehead atoms. The lowest BCUT2D eigenvalue weighted by Crippen LogP contribution is -2.68. The molecule has 0 unspecified atom stereocenters. The number of aromatic nitrogens is 1. The summed E-state index contributed by atoms with van der Waals surface area (Å²) in [6, 6.07) is 36.9. The molecule has 0 saturated carbocycles. The van der Waals surface area contributed by atoms with E-state index >= 15 is 0 Å². The van der Waals surface area contributed by atoms with Crippen LogP contribution in [0.25, 0.3) is 0 Å². The predicted molar refractivity (Wildman–Crippen MR) is 117 cm³/mol. The highest BCUT2D eigenvalue weighted by molar-refractivity contribution is 7.07. The molecule has 4 aromatic rings. The third-order valence-corrected chi connectivity index (χ3v) is 8.42. The van der Waals surface area contributed by atoms with Gasteiger partial charge in [-0.15, -0.1) is 5.16 Å². The second-order valence-corrected chi connectivity index (χ2v) is 9.64. The number of pyridine rings is 1. The average molecular weight is 381 g/mol. The van der Waals surface area contributed by atoms with E-state index in [9.17, 15) is 0 Å². The fraction of sp³-hybridized carbons (Fsp3) is 0. The third kappa shape index (κ3) is 3.63. The Hall–Kier alpha value is -3.50. The minimum atomic E-state index is -2.80. The molecule has 136 valence electrons. The quantitative estimate of drug-likeness (QED) is 0.223. The Balaban J connectivity index is 1.87. The first-order chi connectivity index (χ1) is 13.9. The first-order valence-corrected chi connectivity index (χ1v) is 11.1. The van der Waals surface area contributed by atoms with Gasteiger partial charge in [-0.2, -0.15) is 0 Å². The van der Waals surface area contributed by atoms with Gasteiger partial charge in [-0.25, -0.2) is 0 Å². The van der Waals surface area contributed by atoms with E-state index in [1.807, 2.05) is 36.4 Å². The first kappa shape index (κ1) is 17.9. The van der Waals surface area contributed by atoms with Crippen molar-refractivity contribution in [3.8, 4) is 0 Å². The molecule has 0 atom stereocenters. The monoisotopic (exact) mass is 380 g/mol. The minimum absolute atomic E-state index is 0.764. The van der Waals surface area contributed by atoms with E-state index < -0.39 is 8.32 Å². The largest absolute Gasteiger partial charge is 0.438 e. The van der Waals surface area contributed by atoms with Gasteiger partial charge >= 0.3 is 8.32 Å². The van der Waals surface area contributed by atoms with Gasteiger partial charge in [-0.05, 0) is 27.7 Å². The topological polar surface area (TPSA) is 34.5 Å². The molecule has 28 heavy (non-hydrogen) atoms. The van der Waals surface area contributed by atoms with Crippen LogP contribution in [0.2, 0.25) is 0 Å². The van der Waals surface area contributed by atoms with Crippen LogP contribution < -0.4 is 15.6 Å².